The van der Waals surface area contributed by atoms with Crippen molar-refractivity contribution in [1.82, 2.24) is 10.7 Å². The molecule has 0 saturated carbocycles. The first-order valence-electron chi connectivity index (χ1n) is 4.92. The van der Waals surface area contributed by atoms with Crippen LogP contribution in [0.1, 0.15) is 18.9 Å². The second-order valence-electron chi connectivity index (χ2n) is 3.00. The summed E-state index contributed by atoms with van der Waals surface area (Å²) in [6.07, 6.45) is 2.67. The lowest BCUT2D eigenvalue weighted by molar-refractivity contribution is 0.867. The molecule has 2 N–H and O–H groups in total. The summed E-state index contributed by atoms with van der Waals surface area (Å²) in [6.45, 7) is 2.74. The third-order valence-electron chi connectivity index (χ3n) is 1.74. The van der Waals surface area contributed by atoms with Gasteiger partial charge in [-0.15, -0.1) is 0 Å². The van der Waals surface area contributed by atoms with Crippen LogP contribution in [0, 0.1) is 0 Å². The van der Waals surface area contributed by atoms with Gasteiger partial charge in [0.05, 0.1) is 0 Å². The second kappa shape index (κ2) is 6.95. The quantitative estimate of drug-likeness (QED) is 0.464. The predicted molar refractivity (Wildman–Crippen MR) is 67.8 cm³/mol. The number of benzene rings is 1. The van der Waals surface area contributed by atoms with E-state index in [-0.39, 0.29) is 0 Å². The van der Waals surface area contributed by atoms with Gasteiger partial charge in [0.2, 0.25) is 0 Å². The maximum absolute atomic E-state index is 5.03. The van der Waals surface area contributed by atoms with E-state index < -0.39 is 0 Å². The molecule has 0 spiro atoms. The summed E-state index contributed by atoms with van der Waals surface area (Å²) >= 11 is 5.03. The molecule has 0 unspecified atom stereocenters. The van der Waals surface area contributed by atoms with Crippen LogP contribution < -0.4 is 10.7 Å². The van der Waals surface area contributed by atoms with Crippen LogP contribution in [0.5, 0.6) is 0 Å². The normalized spacial score (nSPS) is 10.2. The van der Waals surface area contributed by atoms with Crippen LogP contribution >= 0.6 is 12.2 Å². The second-order valence-corrected chi connectivity index (χ2v) is 3.41. The first-order valence-corrected chi connectivity index (χ1v) is 5.33. The van der Waals surface area contributed by atoms with Gasteiger partial charge >= 0.3 is 0 Å². The van der Waals surface area contributed by atoms with Crippen molar-refractivity contribution in [2.75, 3.05) is 0 Å². The Kier molecular flexibility index (Phi) is 5.40. The summed E-state index contributed by atoms with van der Waals surface area (Å²) in [5, 5.41) is 7.53. The van der Waals surface area contributed by atoms with Crippen LogP contribution in [0.2, 0.25) is 0 Å². The van der Waals surface area contributed by atoms with Crippen molar-refractivity contribution in [3.63, 3.8) is 0 Å². The van der Waals surface area contributed by atoms with Crippen LogP contribution in [0.3, 0.4) is 0 Å². The molecule has 0 aliphatic heterocycles. The molecule has 1 rings (SSSR count). The number of nitrogens with one attached hydrogen (secondary N) is 2. The van der Waals surface area contributed by atoms with Gasteiger partial charge < -0.3 is 5.32 Å². The van der Waals surface area contributed by atoms with E-state index >= 15 is 0 Å². The van der Waals surface area contributed by atoms with Crippen LogP contribution in [0.25, 0.3) is 0 Å². The Labute approximate surface area is 95.6 Å². The van der Waals surface area contributed by atoms with Crippen LogP contribution in [0.4, 0.5) is 0 Å². The minimum absolute atomic E-state index is 0.545. The van der Waals surface area contributed by atoms with E-state index in [1.54, 1.807) is 6.21 Å². The maximum atomic E-state index is 5.03. The standard InChI is InChI=1S/C11H15N3S/c1-2-8-13-14-11(15)12-9-10-6-4-3-5-7-10/h3-8H,2,9H2,1H3,(H2,12,14,15)/b13-8-. The van der Waals surface area contributed by atoms with Crippen molar-refractivity contribution < 1.29 is 0 Å². The highest BCUT2D eigenvalue weighted by Crippen LogP contribution is 1.96. The summed E-state index contributed by atoms with van der Waals surface area (Å²) in [6, 6.07) is 10.1. The van der Waals surface area contributed by atoms with Gasteiger partial charge in [0, 0.05) is 12.8 Å². The zero-order chi connectivity index (χ0) is 10.9. The van der Waals surface area contributed by atoms with Gasteiger partial charge in [0.1, 0.15) is 0 Å². The molecule has 0 aliphatic carbocycles. The summed E-state index contributed by atoms with van der Waals surface area (Å²) in [7, 11) is 0. The average Bonchev–Trinajstić information content (AvgIpc) is 2.28. The number of hydrazone groups is 1. The van der Waals surface area contributed by atoms with Gasteiger partial charge in [-0.1, -0.05) is 37.3 Å². The Morgan fingerprint density at radius 3 is 2.80 bits per heavy atom. The number of rotatable bonds is 4. The average molecular weight is 221 g/mol. The molecule has 0 radical (unpaired) electrons. The fourth-order valence-electron chi connectivity index (χ4n) is 1.01. The van der Waals surface area contributed by atoms with Crippen LogP contribution in [0.15, 0.2) is 35.4 Å². The number of thiocarbonyl (C=S) groups is 1. The SMILES string of the molecule is CC/C=N\NC(=S)NCc1ccccc1. The highest BCUT2D eigenvalue weighted by molar-refractivity contribution is 7.80. The lowest BCUT2D eigenvalue weighted by Gasteiger charge is -2.06. The van der Waals surface area contributed by atoms with Gasteiger partial charge in [-0.2, -0.15) is 5.10 Å². The molecule has 0 heterocycles. The van der Waals surface area contributed by atoms with Crippen LogP contribution in [-0.2, 0) is 6.54 Å². The van der Waals surface area contributed by atoms with E-state index in [0.717, 1.165) is 6.42 Å². The van der Waals surface area contributed by atoms with Gasteiger partial charge in [-0.05, 0) is 24.2 Å². The molecule has 0 atom stereocenters. The lowest BCUT2D eigenvalue weighted by Crippen LogP contribution is -2.31. The Morgan fingerprint density at radius 1 is 1.40 bits per heavy atom. The molecule has 0 saturated heterocycles. The third kappa shape index (κ3) is 5.12. The van der Waals surface area contributed by atoms with E-state index in [1.165, 1.54) is 5.56 Å². The van der Waals surface area contributed by atoms with Crippen molar-refractivity contribution in [1.29, 1.82) is 0 Å². The minimum Gasteiger partial charge on any atom is -0.357 e. The molecule has 0 fully saturated rings. The molecule has 4 heteroatoms. The zero-order valence-electron chi connectivity index (χ0n) is 8.73. The van der Waals surface area contributed by atoms with Gasteiger partial charge in [0.25, 0.3) is 0 Å². The molecule has 15 heavy (non-hydrogen) atoms. The molecule has 3 nitrogen and oxygen atoms in total. The third-order valence-corrected chi connectivity index (χ3v) is 1.97. The summed E-state index contributed by atoms with van der Waals surface area (Å²) < 4.78 is 0. The van der Waals surface area contributed by atoms with E-state index in [9.17, 15) is 0 Å². The Hall–Kier alpha value is -1.42. The smallest absolute Gasteiger partial charge is 0.187 e. The van der Waals surface area contributed by atoms with Crippen molar-refractivity contribution in [2.24, 2.45) is 5.10 Å². The highest BCUT2D eigenvalue weighted by atomic mass is 32.1. The highest BCUT2D eigenvalue weighted by Gasteiger charge is 1.93. The molecular weight excluding hydrogens is 206 g/mol. The van der Waals surface area contributed by atoms with Gasteiger partial charge in [-0.25, -0.2) is 0 Å². The fourth-order valence-corrected chi connectivity index (χ4v) is 1.14. The zero-order valence-corrected chi connectivity index (χ0v) is 9.55. The molecule has 1 aromatic rings. The minimum atomic E-state index is 0.545. The number of hydrogen-bond donors (Lipinski definition) is 2. The van der Waals surface area contributed by atoms with Crippen LogP contribution in [-0.4, -0.2) is 11.3 Å². The fraction of sp³-hybridized carbons (Fsp3) is 0.273. The van der Waals surface area contributed by atoms with Crippen molar-refractivity contribution >= 4 is 23.5 Å². The number of nitrogens with zero attached hydrogens (tertiary/aromatic N) is 1. The summed E-state index contributed by atoms with van der Waals surface area (Å²) in [5.41, 5.74) is 3.94. The maximum Gasteiger partial charge on any atom is 0.187 e. The molecule has 0 bridgehead atoms. The molecule has 0 aromatic heterocycles. The monoisotopic (exact) mass is 221 g/mol. The largest absolute Gasteiger partial charge is 0.357 e. The molecular formula is C11H15N3S. The summed E-state index contributed by atoms with van der Waals surface area (Å²) in [4.78, 5) is 0. The van der Waals surface area contributed by atoms with Gasteiger partial charge in [0.15, 0.2) is 5.11 Å². The van der Waals surface area contributed by atoms with E-state index in [2.05, 4.69) is 15.8 Å². The first-order chi connectivity index (χ1) is 7.33. The van der Waals surface area contributed by atoms with Crippen molar-refractivity contribution in [3.8, 4) is 0 Å². The molecule has 0 amide bonds. The molecule has 80 valence electrons. The Bertz CT molecular complexity index is 322. The van der Waals surface area contributed by atoms with Crippen molar-refractivity contribution in [2.45, 2.75) is 19.9 Å². The first kappa shape index (κ1) is 11.7. The number of hydrogen-bond acceptors (Lipinski definition) is 2. The van der Waals surface area contributed by atoms with E-state index in [1.807, 2.05) is 37.3 Å². The predicted octanol–water partition coefficient (Wildman–Crippen LogP) is 2.05. The van der Waals surface area contributed by atoms with E-state index in [0.29, 0.717) is 11.7 Å². The van der Waals surface area contributed by atoms with E-state index in [4.69, 9.17) is 12.2 Å². The molecule has 0 aliphatic rings. The molecule has 1 aromatic carbocycles. The summed E-state index contributed by atoms with van der Waals surface area (Å²) in [5.74, 6) is 0. The van der Waals surface area contributed by atoms with Gasteiger partial charge in [-0.3, -0.25) is 5.43 Å². The van der Waals surface area contributed by atoms with Crippen molar-refractivity contribution in [3.05, 3.63) is 35.9 Å². The topological polar surface area (TPSA) is 36.4 Å². The Morgan fingerprint density at radius 2 is 2.13 bits per heavy atom. The lowest BCUT2D eigenvalue weighted by atomic mass is 10.2. The Balaban J connectivity index is 2.26.